The first-order chi connectivity index (χ1) is 15.1. The summed E-state index contributed by atoms with van der Waals surface area (Å²) in [7, 11) is 3.36. The molecule has 7 nitrogen and oxygen atoms in total. The van der Waals surface area contributed by atoms with Gasteiger partial charge in [0.2, 0.25) is 0 Å². The molecule has 1 aliphatic rings. The molecule has 32 heavy (non-hydrogen) atoms. The van der Waals surface area contributed by atoms with Crippen LogP contribution in [0.1, 0.15) is 39.9 Å². The van der Waals surface area contributed by atoms with Crippen molar-refractivity contribution in [1.29, 1.82) is 0 Å². The normalized spacial score (nSPS) is 15.6. The van der Waals surface area contributed by atoms with Crippen LogP contribution in [0.2, 0.25) is 0 Å². The molecule has 174 valence electrons. The number of ether oxygens (including phenoxy) is 2. The molecule has 0 spiro atoms. The fraction of sp³-hybridized carbons (Fsp3) is 0.417. The number of hydrogen-bond donors (Lipinski definition) is 3. The average molecular weight is 552 g/mol. The SMILES string of the molecule is CN=C(NCc1cccc(C(=O)NC)c1)NCc1ccc(C)cc1OCC1CCCO1.I. The lowest BCUT2D eigenvalue weighted by Gasteiger charge is -2.17. The molecular weight excluding hydrogens is 519 g/mol. The monoisotopic (exact) mass is 552 g/mol. The molecule has 2 aromatic rings. The molecule has 1 heterocycles. The summed E-state index contributed by atoms with van der Waals surface area (Å²) in [4.78, 5) is 16.1. The lowest BCUT2D eigenvalue weighted by atomic mass is 10.1. The summed E-state index contributed by atoms with van der Waals surface area (Å²) in [5.41, 5.74) is 3.86. The zero-order valence-electron chi connectivity index (χ0n) is 18.9. The Morgan fingerprint density at radius 3 is 2.72 bits per heavy atom. The van der Waals surface area contributed by atoms with Crippen molar-refractivity contribution in [2.45, 2.75) is 39.0 Å². The minimum absolute atomic E-state index is 0. The number of carbonyl (C=O) groups is 1. The van der Waals surface area contributed by atoms with Gasteiger partial charge in [0, 0.05) is 44.9 Å². The van der Waals surface area contributed by atoms with Gasteiger partial charge in [-0.05, 0) is 49.1 Å². The molecule has 1 saturated heterocycles. The number of guanidine groups is 1. The summed E-state index contributed by atoms with van der Waals surface area (Å²) in [6.07, 6.45) is 2.34. The molecule has 0 bridgehead atoms. The molecule has 0 aliphatic carbocycles. The maximum absolute atomic E-state index is 11.8. The first-order valence-electron chi connectivity index (χ1n) is 10.7. The summed E-state index contributed by atoms with van der Waals surface area (Å²) in [5, 5.41) is 9.28. The van der Waals surface area contributed by atoms with Gasteiger partial charge in [-0.2, -0.15) is 0 Å². The molecule has 8 heteroatoms. The highest BCUT2D eigenvalue weighted by Crippen LogP contribution is 2.22. The van der Waals surface area contributed by atoms with E-state index in [2.05, 4.69) is 46.1 Å². The molecule has 1 amide bonds. The number of rotatable bonds is 8. The van der Waals surface area contributed by atoms with E-state index in [-0.39, 0.29) is 36.0 Å². The van der Waals surface area contributed by atoms with Gasteiger partial charge in [-0.15, -0.1) is 24.0 Å². The fourth-order valence-corrected chi connectivity index (χ4v) is 3.45. The Hall–Kier alpha value is -2.33. The van der Waals surface area contributed by atoms with Gasteiger partial charge in [-0.3, -0.25) is 9.79 Å². The summed E-state index contributed by atoms with van der Waals surface area (Å²) in [6.45, 7) is 4.60. The molecule has 0 aromatic heterocycles. The topological polar surface area (TPSA) is 84.0 Å². The molecule has 1 unspecified atom stereocenters. The lowest BCUT2D eigenvalue weighted by molar-refractivity contribution is 0.0676. The van der Waals surface area contributed by atoms with E-state index in [4.69, 9.17) is 9.47 Å². The van der Waals surface area contributed by atoms with Crippen LogP contribution in [0.4, 0.5) is 0 Å². The van der Waals surface area contributed by atoms with Crippen LogP contribution in [0.25, 0.3) is 0 Å². The molecule has 0 radical (unpaired) electrons. The maximum Gasteiger partial charge on any atom is 0.251 e. The molecule has 3 rings (SSSR count). The Balaban J connectivity index is 0.00000363. The van der Waals surface area contributed by atoms with Crippen molar-refractivity contribution in [3.05, 3.63) is 64.7 Å². The average Bonchev–Trinajstić information content (AvgIpc) is 3.32. The highest BCUT2D eigenvalue weighted by molar-refractivity contribution is 14.0. The number of aliphatic imine (C=N–C) groups is 1. The van der Waals surface area contributed by atoms with Crippen LogP contribution < -0.4 is 20.7 Å². The number of amides is 1. The minimum Gasteiger partial charge on any atom is -0.491 e. The van der Waals surface area contributed by atoms with E-state index in [0.717, 1.165) is 41.9 Å². The van der Waals surface area contributed by atoms with Gasteiger partial charge in [0.05, 0.1) is 6.10 Å². The van der Waals surface area contributed by atoms with E-state index in [1.165, 1.54) is 0 Å². The van der Waals surface area contributed by atoms with Gasteiger partial charge in [0.25, 0.3) is 5.91 Å². The standard InChI is InChI=1S/C24H32N4O3.HI/c1-17-9-10-20(22(12-17)31-16-21-8-5-11-30-21)15-28-24(26-3)27-14-18-6-4-7-19(13-18)23(29)25-2;/h4,6-7,9-10,12-13,21H,5,8,11,14-16H2,1-3H3,(H,25,29)(H2,26,27,28);1H. The van der Waals surface area contributed by atoms with Gasteiger partial charge in [0.1, 0.15) is 12.4 Å². The minimum atomic E-state index is -0.0979. The second-order valence-corrected chi connectivity index (χ2v) is 7.62. The third kappa shape index (κ3) is 7.67. The van der Waals surface area contributed by atoms with Gasteiger partial charge in [-0.1, -0.05) is 24.3 Å². The van der Waals surface area contributed by atoms with E-state index in [1.54, 1.807) is 20.2 Å². The molecule has 1 fully saturated rings. The molecular formula is C24H33IN4O3. The molecule has 2 aromatic carbocycles. The molecule has 1 aliphatic heterocycles. The first-order valence-corrected chi connectivity index (χ1v) is 10.7. The molecule has 1 atom stereocenters. The third-order valence-corrected chi connectivity index (χ3v) is 5.22. The number of benzene rings is 2. The van der Waals surface area contributed by atoms with Gasteiger partial charge >= 0.3 is 0 Å². The van der Waals surface area contributed by atoms with E-state index in [0.29, 0.717) is 31.2 Å². The second kappa shape index (κ2) is 13.3. The number of hydrogen-bond acceptors (Lipinski definition) is 4. The lowest BCUT2D eigenvalue weighted by Crippen LogP contribution is -2.36. The number of carbonyl (C=O) groups excluding carboxylic acids is 1. The first kappa shape index (κ1) is 25.9. The Bertz CT molecular complexity index is 914. The van der Waals surface area contributed by atoms with Crippen molar-refractivity contribution >= 4 is 35.8 Å². The summed E-state index contributed by atoms with van der Waals surface area (Å²) in [6, 6.07) is 13.7. The predicted molar refractivity (Wildman–Crippen MR) is 138 cm³/mol. The van der Waals surface area contributed by atoms with Crippen LogP contribution in [0.5, 0.6) is 5.75 Å². The number of halogens is 1. The fourth-order valence-electron chi connectivity index (χ4n) is 3.45. The zero-order chi connectivity index (χ0) is 22.1. The van der Waals surface area contributed by atoms with Crippen LogP contribution in [-0.4, -0.2) is 45.3 Å². The van der Waals surface area contributed by atoms with Crippen molar-refractivity contribution in [1.82, 2.24) is 16.0 Å². The van der Waals surface area contributed by atoms with Crippen molar-refractivity contribution in [3.8, 4) is 5.75 Å². The van der Waals surface area contributed by atoms with Crippen LogP contribution in [0.15, 0.2) is 47.5 Å². The van der Waals surface area contributed by atoms with E-state index in [9.17, 15) is 4.79 Å². The summed E-state index contributed by atoms with van der Waals surface area (Å²) >= 11 is 0. The Morgan fingerprint density at radius 1 is 1.19 bits per heavy atom. The number of aryl methyl sites for hydroxylation is 1. The van der Waals surface area contributed by atoms with Crippen molar-refractivity contribution < 1.29 is 14.3 Å². The smallest absolute Gasteiger partial charge is 0.251 e. The van der Waals surface area contributed by atoms with Crippen molar-refractivity contribution in [2.24, 2.45) is 4.99 Å². The highest BCUT2D eigenvalue weighted by Gasteiger charge is 2.17. The van der Waals surface area contributed by atoms with Gasteiger partial charge in [0.15, 0.2) is 5.96 Å². The quantitative estimate of drug-likeness (QED) is 0.266. The van der Waals surface area contributed by atoms with Gasteiger partial charge in [-0.25, -0.2) is 0 Å². The molecule has 3 N–H and O–H groups in total. The number of nitrogens with zero attached hydrogens (tertiary/aromatic N) is 1. The largest absolute Gasteiger partial charge is 0.491 e. The van der Waals surface area contributed by atoms with E-state index < -0.39 is 0 Å². The Morgan fingerprint density at radius 2 is 2.00 bits per heavy atom. The van der Waals surface area contributed by atoms with E-state index in [1.807, 2.05) is 18.2 Å². The zero-order valence-corrected chi connectivity index (χ0v) is 21.3. The van der Waals surface area contributed by atoms with Crippen molar-refractivity contribution in [2.75, 3.05) is 27.3 Å². The summed E-state index contributed by atoms with van der Waals surface area (Å²) in [5.74, 6) is 1.45. The van der Waals surface area contributed by atoms with Crippen LogP contribution in [0, 0.1) is 6.92 Å². The number of nitrogens with one attached hydrogen (secondary N) is 3. The Kier molecular flexibility index (Phi) is 10.8. The predicted octanol–water partition coefficient (Wildman–Crippen LogP) is 3.40. The third-order valence-electron chi connectivity index (χ3n) is 5.22. The summed E-state index contributed by atoms with van der Waals surface area (Å²) < 4.78 is 11.8. The van der Waals surface area contributed by atoms with Crippen molar-refractivity contribution in [3.63, 3.8) is 0 Å². The van der Waals surface area contributed by atoms with E-state index >= 15 is 0 Å². The second-order valence-electron chi connectivity index (χ2n) is 7.62. The van der Waals surface area contributed by atoms with Crippen LogP contribution in [-0.2, 0) is 17.8 Å². The Labute approximate surface area is 207 Å². The molecule has 0 saturated carbocycles. The highest BCUT2D eigenvalue weighted by atomic mass is 127. The maximum atomic E-state index is 11.8. The van der Waals surface area contributed by atoms with Crippen LogP contribution in [0.3, 0.4) is 0 Å². The van der Waals surface area contributed by atoms with Gasteiger partial charge < -0.3 is 25.4 Å². The van der Waals surface area contributed by atoms with Crippen LogP contribution >= 0.6 is 24.0 Å².